The van der Waals surface area contributed by atoms with E-state index in [1.807, 2.05) is 54.6 Å². The van der Waals surface area contributed by atoms with Crippen LogP contribution >= 0.6 is 0 Å². The summed E-state index contributed by atoms with van der Waals surface area (Å²) in [6, 6.07) is 17.5. The summed E-state index contributed by atoms with van der Waals surface area (Å²) in [5.74, 6) is 0.845. The van der Waals surface area contributed by atoms with Crippen molar-refractivity contribution in [3.63, 3.8) is 0 Å². The Morgan fingerprint density at radius 1 is 1.00 bits per heavy atom. The molecule has 0 fully saturated rings. The smallest absolute Gasteiger partial charge is 0.120 e. The number of pyridine rings is 1. The second-order valence-corrected chi connectivity index (χ2v) is 4.39. The summed E-state index contributed by atoms with van der Waals surface area (Å²) in [7, 11) is 0. The van der Waals surface area contributed by atoms with E-state index >= 15 is 0 Å². The summed E-state index contributed by atoms with van der Waals surface area (Å²) in [5.41, 5.74) is 8.48. The highest BCUT2D eigenvalue weighted by molar-refractivity contribution is 5.79. The average molecular weight is 250 g/mol. The Morgan fingerprint density at radius 3 is 2.68 bits per heavy atom. The molecule has 3 aromatic rings. The van der Waals surface area contributed by atoms with Crippen LogP contribution in [0.15, 0.2) is 60.8 Å². The molecule has 0 aliphatic rings. The molecule has 94 valence electrons. The zero-order valence-corrected chi connectivity index (χ0v) is 10.4. The Kier molecular flexibility index (Phi) is 3.02. The van der Waals surface area contributed by atoms with Crippen molar-refractivity contribution < 1.29 is 4.74 Å². The highest BCUT2D eigenvalue weighted by Gasteiger charge is 1.99. The van der Waals surface area contributed by atoms with Gasteiger partial charge >= 0.3 is 0 Å². The second kappa shape index (κ2) is 4.98. The zero-order chi connectivity index (χ0) is 13.1. The van der Waals surface area contributed by atoms with Crippen LogP contribution < -0.4 is 10.5 Å². The van der Waals surface area contributed by atoms with Crippen molar-refractivity contribution in [1.29, 1.82) is 0 Å². The van der Waals surface area contributed by atoms with Crippen molar-refractivity contribution in [1.82, 2.24) is 4.98 Å². The molecule has 0 aliphatic heterocycles. The summed E-state index contributed by atoms with van der Waals surface area (Å²) in [6.45, 7) is 0.534. The first kappa shape index (κ1) is 11.5. The second-order valence-electron chi connectivity index (χ2n) is 4.39. The van der Waals surface area contributed by atoms with Crippen LogP contribution in [-0.2, 0) is 6.61 Å². The first-order valence-electron chi connectivity index (χ1n) is 6.13. The summed E-state index contributed by atoms with van der Waals surface area (Å²) < 4.78 is 5.77. The van der Waals surface area contributed by atoms with Gasteiger partial charge in [-0.15, -0.1) is 0 Å². The van der Waals surface area contributed by atoms with Gasteiger partial charge in [-0.25, -0.2) is 0 Å². The predicted octanol–water partition coefficient (Wildman–Crippen LogP) is 3.40. The van der Waals surface area contributed by atoms with Crippen LogP contribution in [0, 0.1) is 0 Å². The minimum absolute atomic E-state index is 0.534. The van der Waals surface area contributed by atoms with Gasteiger partial charge in [-0.1, -0.05) is 18.2 Å². The summed E-state index contributed by atoms with van der Waals surface area (Å²) in [4.78, 5) is 4.28. The minimum Gasteiger partial charge on any atom is -0.489 e. The number of anilines is 1. The molecule has 0 bridgehead atoms. The van der Waals surface area contributed by atoms with E-state index in [1.54, 1.807) is 6.20 Å². The molecule has 0 saturated heterocycles. The number of ether oxygens (including phenoxy) is 1. The predicted molar refractivity (Wildman–Crippen MR) is 76.9 cm³/mol. The van der Waals surface area contributed by atoms with Gasteiger partial charge in [0.2, 0.25) is 0 Å². The molecule has 2 aromatic carbocycles. The molecule has 0 saturated carbocycles. The molecule has 1 heterocycles. The van der Waals surface area contributed by atoms with E-state index in [2.05, 4.69) is 4.98 Å². The Hall–Kier alpha value is -2.55. The molecule has 1 aromatic heterocycles. The maximum absolute atomic E-state index is 5.77. The highest BCUT2D eigenvalue weighted by atomic mass is 16.5. The lowest BCUT2D eigenvalue weighted by atomic mass is 10.2. The Morgan fingerprint density at radius 2 is 1.84 bits per heavy atom. The molecule has 3 nitrogen and oxygen atoms in total. The van der Waals surface area contributed by atoms with Crippen molar-refractivity contribution in [2.75, 3.05) is 5.73 Å². The van der Waals surface area contributed by atoms with Gasteiger partial charge < -0.3 is 10.5 Å². The third kappa shape index (κ3) is 2.65. The number of benzene rings is 2. The van der Waals surface area contributed by atoms with E-state index in [1.165, 1.54) is 0 Å². The third-order valence-electron chi connectivity index (χ3n) is 2.96. The van der Waals surface area contributed by atoms with E-state index in [0.717, 1.165) is 27.9 Å². The average Bonchev–Trinajstić information content (AvgIpc) is 2.46. The van der Waals surface area contributed by atoms with E-state index in [0.29, 0.717) is 6.61 Å². The number of nitrogens with zero attached hydrogens (tertiary/aromatic N) is 1. The largest absolute Gasteiger partial charge is 0.489 e. The molecular formula is C16H14N2O. The Labute approximate surface area is 111 Å². The molecule has 3 rings (SSSR count). The lowest BCUT2D eigenvalue weighted by Crippen LogP contribution is -1.96. The first-order chi connectivity index (χ1) is 9.31. The van der Waals surface area contributed by atoms with Gasteiger partial charge in [-0.3, -0.25) is 4.98 Å². The molecule has 0 spiro atoms. The van der Waals surface area contributed by atoms with Crippen LogP contribution in [0.1, 0.15) is 5.56 Å². The monoisotopic (exact) mass is 250 g/mol. The zero-order valence-electron chi connectivity index (χ0n) is 10.4. The van der Waals surface area contributed by atoms with Crippen molar-refractivity contribution >= 4 is 16.6 Å². The number of nitrogen functional groups attached to an aromatic ring is 1. The van der Waals surface area contributed by atoms with Crippen LogP contribution in [0.5, 0.6) is 5.75 Å². The van der Waals surface area contributed by atoms with E-state index in [9.17, 15) is 0 Å². The van der Waals surface area contributed by atoms with E-state index in [-0.39, 0.29) is 0 Å². The molecule has 0 unspecified atom stereocenters. The lowest BCUT2D eigenvalue weighted by Gasteiger charge is -2.07. The fourth-order valence-corrected chi connectivity index (χ4v) is 1.92. The molecule has 19 heavy (non-hydrogen) atoms. The van der Waals surface area contributed by atoms with Crippen LogP contribution in [0.3, 0.4) is 0 Å². The number of nitrogens with two attached hydrogens (primary N) is 1. The maximum atomic E-state index is 5.77. The van der Waals surface area contributed by atoms with Crippen molar-refractivity contribution in [2.45, 2.75) is 6.61 Å². The highest BCUT2D eigenvalue weighted by Crippen LogP contribution is 2.20. The van der Waals surface area contributed by atoms with Gasteiger partial charge in [0, 0.05) is 17.3 Å². The molecule has 0 radical (unpaired) electrons. The van der Waals surface area contributed by atoms with Gasteiger partial charge in [0.25, 0.3) is 0 Å². The summed E-state index contributed by atoms with van der Waals surface area (Å²) in [5, 5.41) is 1.08. The molecule has 3 heteroatoms. The van der Waals surface area contributed by atoms with Crippen LogP contribution in [0.4, 0.5) is 5.69 Å². The van der Waals surface area contributed by atoms with Crippen LogP contribution in [-0.4, -0.2) is 4.98 Å². The molecule has 2 N–H and O–H groups in total. The SMILES string of the molecule is Nc1ccc(COc2ccc3ncccc3c2)cc1. The van der Waals surface area contributed by atoms with Crippen molar-refractivity contribution in [3.8, 4) is 5.75 Å². The quantitative estimate of drug-likeness (QED) is 0.725. The van der Waals surface area contributed by atoms with Gasteiger partial charge in [-0.2, -0.15) is 0 Å². The molecular weight excluding hydrogens is 236 g/mol. The maximum Gasteiger partial charge on any atom is 0.120 e. The van der Waals surface area contributed by atoms with Gasteiger partial charge in [0.1, 0.15) is 12.4 Å². The number of rotatable bonds is 3. The summed E-state index contributed by atoms with van der Waals surface area (Å²) >= 11 is 0. The van der Waals surface area contributed by atoms with Crippen molar-refractivity contribution in [2.24, 2.45) is 0 Å². The fourth-order valence-electron chi connectivity index (χ4n) is 1.92. The minimum atomic E-state index is 0.534. The van der Waals surface area contributed by atoms with Crippen LogP contribution in [0.2, 0.25) is 0 Å². The topological polar surface area (TPSA) is 48.1 Å². The lowest BCUT2D eigenvalue weighted by molar-refractivity contribution is 0.306. The van der Waals surface area contributed by atoms with Crippen molar-refractivity contribution in [3.05, 3.63) is 66.4 Å². The van der Waals surface area contributed by atoms with E-state index in [4.69, 9.17) is 10.5 Å². The molecule has 0 atom stereocenters. The normalized spacial score (nSPS) is 10.5. The number of hydrogen-bond donors (Lipinski definition) is 1. The van der Waals surface area contributed by atoms with Crippen LogP contribution in [0.25, 0.3) is 10.9 Å². The molecule has 0 amide bonds. The summed E-state index contributed by atoms with van der Waals surface area (Å²) in [6.07, 6.45) is 1.79. The number of fused-ring (bicyclic) bond motifs is 1. The standard InChI is InChI=1S/C16H14N2O/c17-14-5-3-12(4-6-14)11-19-15-7-8-16-13(10-15)2-1-9-18-16/h1-10H,11,17H2. The molecule has 0 aliphatic carbocycles. The van der Waals surface area contributed by atoms with Gasteiger partial charge in [0.15, 0.2) is 0 Å². The van der Waals surface area contributed by atoms with Gasteiger partial charge in [0.05, 0.1) is 5.52 Å². The third-order valence-corrected chi connectivity index (χ3v) is 2.96. The first-order valence-corrected chi connectivity index (χ1v) is 6.13. The van der Waals surface area contributed by atoms with Gasteiger partial charge in [-0.05, 0) is 42.0 Å². The number of aromatic nitrogens is 1. The Balaban J connectivity index is 1.76. The number of hydrogen-bond acceptors (Lipinski definition) is 3. The fraction of sp³-hybridized carbons (Fsp3) is 0.0625. The Bertz CT molecular complexity index is 692. The van der Waals surface area contributed by atoms with E-state index < -0.39 is 0 Å².